The van der Waals surface area contributed by atoms with Crippen molar-refractivity contribution in [2.75, 3.05) is 17.7 Å². The van der Waals surface area contributed by atoms with E-state index in [2.05, 4.69) is 5.32 Å². The normalized spacial score (nSPS) is 10.4. The molecule has 0 spiro atoms. The molecule has 0 heterocycles. The summed E-state index contributed by atoms with van der Waals surface area (Å²) in [4.78, 5) is 0. The van der Waals surface area contributed by atoms with E-state index in [1.165, 1.54) is 12.1 Å². The number of benzene rings is 2. The highest BCUT2D eigenvalue weighted by Crippen LogP contribution is 2.29. The van der Waals surface area contributed by atoms with Gasteiger partial charge in [0.15, 0.2) is 17.4 Å². The smallest absolute Gasteiger partial charge is 0.167 e. The van der Waals surface area contributed by atoms with Crippen LogP contribution in [0.25, 0.3) is 0 Å². The third-order valence-electron chi connectivity index (χ3n) is 2.61. The van der Waals surface area contributed by atoms with Crippen molar-refractivity contribution in [2.45, 2.75) is 6.92 Å². The Morgan fingerprint density at radius 1 is 1.10 bits per heavy atom. The van der Waals surface area contributed by atoms with Crippen LogP contribution in [0, 0.1) is 17.5 Å². The maximum atomic E-state index is 13.7. The first-order valence-electron chi connectivity index (χ1n) is 5.95. The lowest BCUT2D eigenvalue weighted by atomic mass is 10.2. The summed E-state index contributed by atoms with van der Waals surface area (Å²) in [6.45, 7) is 2.08. The fraction of sp³-hybridized carbons (Fsp3) is 0.143. The maximum absolute atomic E-state index is 13.7. The van der Waals surface area contributed by atoms with E-state index in [1.807, 2.05) is 0 Å². The Kier molecular flexibility index (Phi) is 4.02. The molecule has 106 valence electrons. The fourth-order valence-electron chi connectivity index (χ4n) is 1.69. The van der Waals surface area contributed by atoms with Crippen molar-refractivity contribution in [3.63, 3.8) is 0 Å². The number of hydrogen-bond donors (Lipinski definition) is 2. The third-order valence-corrected chi connectivity index (χ3v) is 2.61. The zero-order chi connectivity index (χ0) is 14.7. The van der Waals surface area contributed by atoms with E-state index in [0.29, 0.717) is 18.4 Å². The van der Waals surface area contributed by atoms with Gasteiger partial charge in [-0.15, -0.1) is 0 Å². The van der Waals surface area contributed by atoms with Gasteiger partial charge in [0.05, 0.1) is 18.0 Å². The second-order valence-electron chi connectivity index (χ2n) is 4.05. The fourth-order valence-corrected chi connectivity index (χ4v) is 1.69. The van der Waals surface area contributed by atoms with Crippen LogP contribution in [0.5, 0.6) is 5.75 Å². The van der Waals surface area contributed by atoms with E-state index in [9.17, 15) is 13.2 Å². The molecule has 0 unspecified atom stereocenters. The van der Waals surface area contributed by atoms with Crippen molar-refractivity contribution in [1.82, 2.24) is 0 Å². The van der Waals surface area contributed by atoms with Crippen molar-refractivity contribution in [3.8, 4) is 5.75 Å². The van der Waals surface area contributed by atoms with E-state index in [1.54, 1.807) is 6.92 Å². The van der Waals surface area contributed by atoms with Crippen LogP contribution in [0.15, 0.2) is 30.3 Å². The summed E-state index contributed by atoms with van der Waals surface area (Å²) in [7, 11) is 0. The molecule has 0 amide bonds. The first-order chi connectivity index (χ1) is 9.51. The molecule has 3 N–H and O–H groups in total. The van der Waals surface area contributed by atoms with Crippen molar-refractivity contribution in [1.29, 1.82) is 0 Å². The minimum Gasteiger partial charge on any atom is -0.491 e. The average molecular weight is 282 g/mol. The number of ether oxygens (including phenoxy) is 1. The lowest BCUT2D eigenvalue weighted by Crippen LogP contribution is -2.01. The van der Waals surface area contributed by atoms with Crippen molar-refractivity contribution in [2.24, 2.45) is 0 Å². The van der Waals surface area contributed by atoms with Gasteiger partial charge in [-0.3, -0.25) is 0 Å². The van der Waals surface area contributed by atoms with Gasteiger partial charge in [0.25, 0.3) is 0 Å². The number of halogens is 3. The molecule has 2 aromatic carbocycles. The minimum absolute atomic E-state index is 0.0334. The van der Waals surface area contributed by atoms with Crippen LogP contribution < -0.4 is 15.8 Å². The van der Waals surface area contributed by atoms with Gasteiger partial charge < -0.3 is 15.8 Å². The lowest BCUT2D eigenvalue weighted by molar-refractivity contribution is 0.321. The molecule has 0 saturated carbocycles. The molecule has 0 saturated heterocycles. The Morgan fingerprint density at radius 2 is 1.85 bits per heavy atom. The summed E-state index contributed by atoms with van der Waals surface area (Å²) in [6, 6.07) is 5.82. The quantitative estimate of drug-likeness (QED) is 0.838. The first-order valence-corrected chi connectivity index (χ1v) is 5.95. The highest BCUT2D eigenvalue weighted by atomic mass is 19.1. The van der Waals surface area contributed by atoms with E-state index in [0.717, 1.165) is 12.1 Å². The lowest BCUT2D eigenvalue weighted by Gasteiger charge is -2.11. The highest BCUT2D eigenvalue weighted by molar-refractivity contribution is 5.73. The van der Waals surface area contributed by atoms with Crippen LogP contribution >= 0.6 is 0 Å². The van der Waals surface area contributed by atoms with Gasteiger partial charge in [0.2, 0.25) is 0 Å². The maximum Gasteiger partial charge on any atom is 0.167 e. The van der Waals surface area contributed by atoms with Crippen molar-refractivity contribution >= 4 is 17.1 Å². The average Bonchev–Trinajstić information content (AvgIpc) is 2.39. The van der Waals surface area contributed by atoms with E-state index < -0.39 is 17.5 Å². The number of anilines is 3. The molecule has 0 aliphatic heterocycles. The summed E-state index contributed by atoms with van der Waals surface area (Å²) < 4.78 is 45.1. The minimum atomic E-state index is -0.876. The van der Waals surface area contributed by atoms with E-state index in [-0.39, 0.29) is 17.1 Å². The van der Waals surface area contributed by atoms with Gasteiger partial charge in [0.1, 0.15) is 5.82 Å². The molecule has 0 aliphatic carbocycles. The molecule has 0 bridgehead atoms. The number of nitrogens with one attached hydrogen (secondary N) is 1. The topological polar surface area (TPSA) is 47.3 Å². The zero-order valence-electron chi connectivity index (χ0n) is 10.7. The van der Waals surface area contributed by atoms with Gasteiger partial charge in [0, 0.05) is 17.8 Å². The molecular formula is C14H13F3N2O. The van der Waals surface area contributed by atoms with Crippen LogP contribution in [0.2, 0.25) is 0 Å². The number of nitrogen functional groups attached to an aromatic ring is 1. The molecule has 0 aliphatic rings. The summed E-state index contributed by atoms with van der Waals surface area (Å²) in [6.07, 6.45) is 0. The third kappa shape index (κ3) is 2.96. The molecule has 2 rings (SSSR count). The van der Waals surface area contributed by atoms with Crippen LogP contribution in [0.4, 0.5) is 30.2 Å². The highest BCUT2D eigenvalue weighted by Gasteiger charge is 2.10. The molecule has 0 aromatic heterocycles. The Labute approximate surface area is 114 Å². The van der Waals surface area contributed by atoms with Gasteiger partial charge >= 0.3 is 0 Å². The standard InChI is InChI=1S/C14H13F3N2O/c1-2-20-13-4-3-9(7-10(13)16)19-12-6-8(15)5-11(17)14(12)18/h3-7,19H,2,18H2,1H3. The van der Waals surface area contributed by atoms with Crippen LogP contribution in [0.1, 0.15) is 6.92 Å². The number of nitrogens with two attached hydrogens (primary N) is 1. The molecule has 2 aromatic rings. The van der Waals surface area contributed by atoms with Gasteiger partial charge in [-0.25, -0.2) is 13.2 Å². The Balaban J connectivity index is 2.29. The first kappa shape index (κ1) is 14.0. The second kappa shape index (κ2) is 5.73. The summed E-state index contributed by atoms with van der Waals surface area (Å²) in [5.74, 6) is -2.12. The van der Waals surface area contributed by atoms with Crippen LogP contribution in [-0.2, 0) is 0 Å². The van der Waals surface area contributed by atoms with Crippen molar-refractivity contribution < 1.29 is 17.9 Å². The van der Waals surface area contributed by atoms with E-state index >= 15 is 0 Å². The monoisotopic (exact) mass is 282 g/mol. The molecule has 6 heteroatoms. The Hall–Kier alpha value is -2.37. The van der Waals surface area contributed by atoms with Crippen molar-refractivity contribution in [3.05, 3.63) is 47.8 Å². The molecule has 20 heavy (non-hydrogen) atoms. The number of hydrogen-bond acceptors (Lipinski definition) is 3. The Morgan fingerprint density at radius 3 is 2.50 bits per heavy atom. The van der Waals surface area contributed by atoms with Crippen LogP contribution in [-0.4, -0.2) is 6.61 Å². The SMILES string of the molecule is CCOc1ccc(Nc2cc(F)cc(F)c2N)cc1F. The predicted molar refractivity (Wildman–Crippen MR) is 71.6 cm³/mol. The molecule has 0 atom stereocenters. The Bertz CT molecular complexity index is 632. The van der Waals surface area contributed by atoms with Crippen LogP contribution in [0.3, 0.4) is 0 Å². The van der Waals surface area contributed by atoms with Gasteiger partial charge in [-0.05, 0) is 25.1 Å². The second-order valence-corrected chi connectivity index (χ2v) is 4.05. The van der Waals surface area contributed by atoms with E-state index in [4.69, 9.17) is 10.5 Å². The van der Waals surface area contributed by atoms with Gasteiger partial charge in [-0.2, -0.15) is 0 Å². The zero-order valence-corrected chi connectivity index (χ0v) is 10.7. The predicted octanol–water partition coefficient (Wildman–Crippen LogP) is 3.83. The molecule has 0 radical (unpaired) electrons. The summed E-state index contributed by atoms with van der Waals surface area (Å²) in [5.41, 5.74) is 5.60. The van der Waals surface area contributed by atoms with Gasteiger partial charge in [-0.1, -0.05) is 0 Å². The largest absolute Gasteiger partial charge is 0.491 e. The summed E-state index contributed by atoms with van der Waals surface area (Å²) in [5, 5.41) is 2.66. The summed E-state index contributed by atoms with van der Waals surface area (Å²) >= 11 is 0. The molecule has 0 fully saturated rings. The number of rotatable bonds is 4. The molecular weight excluding hydrogens is 269 g/mol. The molecule has 3 nitrogen and oxygen atoms in total.